The van der Waals surface area contributed by atoms with Crippen LogP contribution in [0.4, 0.5) is 8.78 Å². The van der Waals surface area contributed by atoms with Gasteiger partial charge in [-0.15, -0.1) is 0 Å². The Hall–Kier alpha value is -2.70. The summed E-state index contributed by atoms with van der Waals surface area (Å²) in [5.74, 6) is -3.62. The fourth-order valence-electron chi connectivity index (χ4n) is 1.50. The average molecular weight is 281 g/mol. The Labute approximate surface area is 111 Å². The monoisotopic (exact) mass is 281 g/mol. The van der Waals surface area contributed by atoms with Crippen LogP contribution in [0.25, 0.3) is 0 Å². The predicted molar refractivity (Wildman–Crippen MR) is 63.2 cm³/mol. The van der Waals surface area contributed by atoms with Crippen LogP contribution in [-0.4, -0.2) is 17.0 Å². The molecule has 0 spiro atoms. The molecule has 1 amide bonds. The molecule has 104 valence electrons. The zero-order chi connectivity index (χ0) is 14.7. The molecule has 0 unspecified atom stereocenters. The molecule has 1 aromatic heterocycles. The van der Waals surface area contributed by atoms with Gasteiger partial charge in [-0.25, -0.2) is 13.6 Å². The molecule has 1 heterocycles. The van der Waals surface area contributed by atoms with E-state index in [-0.39, 0.29) is 23.4 Å². The third-order valence-electron chi connectivity index (χ3n) is 2.52. The molecule has 0 bridgehead atoms. The van der Waals surface area contributed by atoms with E-state index in [1.54, 1.807) is 0 Å². The van der Waals surface area contributed by atoms with Crippen LogP contribution in [0.3, 0.4) is 0 Å². The Balaban J connectivity index is 2.02. The van der Waals surface area contributed by atoms with Crippen LogP contribution in [0.15, 0.2) is 34.9 Å². The maximum Gasteiger partial charge on any atom is 0.338 e. The standard InChI is InChI=1S/C13H9F2NO4/c14-9-2-1-7(10(15)4-9)5-16-12(17)11-3-8(6-20-11)13(18)19/h1-4,6H,5H2,(H,16,17)(H,18,19). The first kappa shape index (κ1) is 13.7. The summed E-state index contributed by atoms with van der Waals surface area (Å²) >= 11 is 0. The lowest BCUT2D eigenvalue weighted by molar-refractivity contribution is 0.0695. The number of carboxylic acids is 1. The Morgan fingerprint density at radius 3 is 2.60 bits per heavy atom. The van der Waals surface area contributed by atoms with Crippen LogP contribution in [0.2, 0.25) is 0 Å². The van der Waals surface area contributed by atoms with Gasteiger partial charge in [0.2, 0.25) is 0 Å². The van der Waals surface area contributed by atoms with E-state index in [2.05, 4.69) is 5.32 Å². The molecule has 20 heavy (non-hydrogen) atoms. The number of furan rings is 1. The van der Waals surface area contributed by atoms with E-state index in [0.29, 0.717) is 6.07 Å². The molecular formula is C13H9F2NO4. The molecule has 2 N–H and O–H groups in total. The Bertz CT molecular complexity index is 666. The van der Waals surface area contributed by atoms with Gasteiger partial charge < -0.3 is 14.8 Å². The van der Waals surface area contributed by atoms with E-state index in [4.69, 9.17) is 9.52 Å². The molecule has 0 aliphatic heterocycles. The number of halogens is 2. The molecule has 2 aromatic rings. The van der Waals surface area contributed by atoms with Crippen LogP contribution in [-0.2, 0) is 6.54 Å². The molecule has 0 fully saturated rings. The second-order valence-corrected chi connectivity index (χ2v) is 3.92. The zero-order valence-electron chi connectivity index (χ0n) is 10.0. The summed E-state index contributed by atoms with van der Waals surface area (Å²) in [6.07, 6.45) is 0.926. The zero-order valence-corrected chi connectivity index (χ0v) is 10.0. The van der Waals surface area contributed by atoms with Crippen molar-refractivity contribution in [3.05, 3.63) is 59.1 Å². The molecule has 1 aromatic carbocycles. The highest BCUT2D eigenvalue weighted by Crippen LogP contribution is 2.11. The number of carboxylic acid groups (broad SMARTS) is 1. The second-order valence-electron chi connectivity index (χ2n) is 3.92. The van der Waals surface area contributed by atoms with E-state index in [0.717, 1.165) is 18.4 Å². The molecule has 0 radical (unpaired) electrons. The first-order valence-corrected chi connectivity index (χ1v) is 5.51. The summed E-state index contributed by atoms with van der Waals surface area (Å²) in [7, 11) is 0. The van der Waals surface area contributed by atoms with Crippen molar-refractivity contribution in [1.29, 1.82) is 0 Å². The fraction of sp³-hybridized carbons (Fsp3) is 0.0769. The van der Waals surface area contributed by atoms with Crippen molar-refractivity contribution in [3.63, 3.8) is 0 Å². The van der Waals surface area contributed by atoms with Gasteiger partial charge >= 0.3 is 5.97 Å². The van der Waals surface area contributed by atoms with Gasteiger partial charge in [0.15, 0.2) is 5.76 Å². The summed E-state index contributed by atoms with van der Waals surface area (Å²) in [6, 6.07) is 4.03. The van der Waals surface area contributed by atoms with Crippen molar-refractivity contribution < 1.29 is 27.9 Å². The Morgan fingerprint density at radius 2 is 2.00 bits per heavy atom. The summed E-state index contributed by atoms with van der Waals surface area (Å²) in [6.45, 7) is -0.173. The number of carbonyl (C=O) groups excluding carboxylic acids is 1. The van der Waals surface area contributed by atoms with Crippen molar-refractivity contribution in [3.8, 4) is 0 Å². The van der Waals surface area contributed by atoms with Crippen molar-refractivity contribution in [1.82, 2.24) is 5.32 Å². The third kappa shape index (κ3) is 3.00. The summed E-state index contributed by atoms with van der Waals surface area (Å²) in [4.78, 5) is 22.3. The number of aromatic carboxylic acids is 1. The largest absolute Gasteiger partial charge is 0.478 e. The fourth-order valence-corrected chi connectivity index (χ4v) is 1.50. The quantitative estimate of drug-likeness (QED) is 0.900. The van der Waals surface area contributed by atoms with Crippen molar-refractivity contribution >= 4 is 11.9 Å². The Kier molecular flexibility index (Phi) is 3.79. The normalized spacial score (nSPS) is 10.3. The first-order chi connectivity index (χ1) is 9.47. The lowest BCUT2D eigenvalue weighted by atomic mass is 10.2. The molecular weight excluding hydrogens is 272 g/mol. The molecule has 5 nitrogen and oxygen atoms in total. The number of benzene rings is 1. The van der Waals surface area contributed by atoms with Crippen LogP contribution in [0.1, 0.15) is 26.5 Å². The van der Waals surface area contributed by atoms with Crippen molar-refractivity contribution in [2.75, 3.05) is 0 Å². The first-order valence-electron chi connectivity index (χ1n) is 5.51. The summed E-state index contributed by atoms with van der Waals surface area (Å²) in [5.41, 5.74) is -0.0622. The van der Waals surface area contributed by atoms with Crippen LogP contribution >= 0.6 is 0 Å². The average Bonchev–Trinajstić information content (AvgIpc) is 2.87. The van der Waals surface area contributed by atoms with Crippen LogP contribution in [0, 0.1) is 11.6 Å². The highest BCUT2D eigenvalue weighted by Gasteiger charge is 2.15. The highest BCUT2D eigenvalue weighted by molar-refractivity contribution is 5.95. The van der Waals surface area contributed by atoms with E-state index >= 15 is 0 Å². The molecule has 0 aliphatic rings. The van der Waals surface area contributed by atoms with E-state index in [1.165, 1.54) is 6.07 Å². The highest BCUT2D eigenvalue weighted by atomic mass is 19.1. The van der Waals surface area contributed by atoms with E-state index < -0.39 is 23.5 Å². The van der Waals surface area contributed by atoms with Gasteiger partial charge in [-0.1, -0.05) is 6.07 Å². The van der Waals surface area contributed by atoms with Gasteiger partial charge in [0.1, 0.15) is 17.9 Å². The van der Waals surface area contributed by atoms with Gasteiger partial charge in [0.05, 0.1) is 5.56 Å². The molecule has 0 saturated heterocycles. The molecule has 7 heteroatoms. The molecule has 0 aliphatic carbocycles. The van der Waals surface area contributed by atoms with E-state index in [9.17, 15) is 18.4 Å². The van der Waals surface area contributed by atoms with Gasteiger partial charge in [0.25, 0.3) is 5.91 Å². The lowest BCUT2D eigenvalue weighted by Gasteiger charge is -2.04. The minimum absolute atomic E-state index is 0.102. The number of hydrogen-bond acceptors (Lipinski definition) is 3. The number of amides is 1. The summed E-state index contributed by atoms with van der Waals surface area (Å²) < 4.78 is 30.8. The topological polar surface area (TPSA) is 79.5 Å². The summed E-state index contributed by atoms with van der Waals surface area (Å²) in [5, 5.41) is 11.0. The van der Waals surface area contributed by atoms with Crippen LogP contribution in [0.5, 0.6) is 0 Å². The molecule has 2 rings (SSSR count). The van der Waals surface area contributed by atoms with Crippen LogP contribution < -0.4 is 5.32 Å². The SMILES string of the molecule is O=C(O)c1coc(C(=O)NCc2ccc(F)cc2F)c1. The molecule has 0 atom stereocenters. The van der Waals surface area contributed by atoms with Gasteiger partial charge in [0, 0.05) is 24.2 Å². The number of carbonyl (C=O) groups is 2. The predicted octanol–water partition coefficient (Wildman–Crippen LogP) is 2.19. The minimum atomic E-state index is -1.22. The third-order valence-corrected chi connectivity index (χ3v) is 2.52. The molecule has 0 saturated carbocycles. The minimum Gasteiger partial charge on any atom is -0.478 e. The van der Waals surface area contributed by atoms with Gasteiger partial charge in [-0.2, -0.15) is 0 Å². The van der Waals surface area contributed by atoms with E-state index in [1.807, 2.05) is 0 Å². The maximum absolute atomic E-state index is 13.3. The lowest BCUT2D eigenvalue weighted by Crippen LogP contribution is -2.22. The van der Waals surface area contributed by atoms with Crippen molar-refractivity contribution in [2.24, 2.45) is 0 Å². The maximum atomic E-state index is 13.3. The number of hydrogen-bond donors (Lipinski definition) is 2. The smallest absolute Gasteiger partial charge is 0.338 e. The van der Waals surface area contributed by atoms with Crippen molar-refractivity contribution in [2.45, 2.75) is 6.54 Å². The van der Waals surface area contributed by atoms with Gasteiger partial charge in [-0.05, 0) is 6.07 Å². The van der Waals surface area contributed by atoms with Gasteiger partial charge in [-0.3, -0.25) is 4.79 Å². The second kappa shape index (κ2) is 5.52. The number of nitrogens with one attached hydrogen (secondary N) is 1. The Morgan fingerprint density at radius 1 is 1.25 bits per heavy atom. The number of rotatable bonds is 4.